The maximum Gasteiger partial charge on any atom is 0.290 e. The van der Waals surface area contributed by atoms with Gasteiger partial charge in [0.05, 0.1) is 6.20 Å². The van der Waals surface area contributed by atoms with Gasteiger partial charge >= 0.3 is 0 Å². The summed E-state index contributed by atoms with van der Waals surface area (Å²) in [4.78, 5) is 34.8. The Kier molecular flexibility index (Phi) is 7.31. The van der Waals surface area contributed by atoms with Crippen molar-refractivity contribution in [3.8, 4) is 0 Å². The second-order valence-corrected chi connectivity index (χ2v) is 8.71. The molecular weight excluding hydrogens is 410 g/mol. The number of carbonyl (C=O) groups is 2. The van der Waals surface area contributed by atoms with Crippen LogP contribution in [0.25, 0.3) is 0 Å². The molecule has 0 unspecified atom stereocenters. The molecule has 3 aliphatic heterocycles. The van der Waals surface area contributed by atoms with Gasteiger partial charge < -0.3 is 15.3 Å². The lowest BCUT2D eigenvalue weighted by Gasteiger charge is -2.57. The summed E-state index contributed by atoms with van der Waals surface area (Å²) in [5.41, 5.74) is 0. The van der Waals surface area contributed by atoms with Gasteiger partial charge in [-0.05, 0) is 43.7 Å². The third kappa shape index (κ3) is 5.07. The molecule has 5 rings (SSSR count). The number of fused-ring (bicyclic) bond motifs is 4. The SMILES string of the molecule is O=C(Cn1cccn1)NC[C@H]1[C@H]2C[C@H](CN(c3cnccn3)C2)[C@@H]2CCCCN21.O=CO. The minimum Gasteiger partial charge on any atom is -0.483 e. The predicted octanol–water partition coefficient (Wildman–Crippen LogP) is 0.870. The highest BCUT2D eigenvalue weighted by Crippen LogP contribution is 2.41. The molecular formula is C22H31N7O3. The molecule has 0 radical (unpaired) electrons. The second kappa shape index (κ2) is 10.5. The lowest BCUT2D eigenvalue weighted by Crippen LogP contribution is -2.66. The Morgan fingerprint density at radius 3 is 2.81 bits per heavy atom. The van der Waals surface area contributed by atoms with Crippen LogP contribution in [0.15, 0.2) is 37.1 Å². The van der Waals surface area contributed by atoms with Crippen LogP contribution in [-0.4, -0.2) is 80.4 Å². The average molecular weight is 442 g/mol. The molecule has 1 amide bonds. The lowest BCUT2D eigenvalue weighted by atomic mass is 9.72. The number of anilines is 1. The number of nitrogens with one attached hydrogen (secondary N) is 1. The van der Waals surface area contributed by atoms with Crippen molar-refractivity contribution in [1.82, 2.24) is 30.0 Å². The first-order chi connectivity index (χ1) is 15.7. The summed E-state index contributed by atoms with van der Waals surface area (Å²) < 4.78 is 1.67. The number of nitrogens with zero attached hydrogens (tertiary/aromatic N) is 6. The van der Waals surface area contributed by atoms with E-state index in [9.17, 15) is 4.79 Å². The monoisotopic (exact) mass is 441 g/mol. The molecule has 4 atom stereocenters. The quantitative estimate of drug-likeness (QED) is 0.657. The fourth-order valence-corrected chi connectivity index (χ4v) is 5.65. The molecule has 0 aliphatic carbocycles. The summed E-state index contributed by atoms with van der Waals surface area (Å²) in [6.07, 6.45) is 14.0. The molecule has 10 heteroatoms. The number of piperidine rings is 3. The van der Waals surface area contributed by atoms with Crippen LogP contribution >= 0.6 is 0 Å². The first-order valence-electron chi connectivity index (χ1n) is 11.3. The maximum absolute atomic E-state index is 12.5. The highest BCUT2D eigenvalue weighted by atomic mass is 16.3. The van der Waals surface area contributed by atoms with Crippen molar-refractivity contribution in [3.63, 3.8) is 0 Å². The van der Waals surface area contributed by atoms with E-state index in [0.717, 1.165) is 25.5 Å². The molecule has 10 nitrogen and oxygen atoms in total. The Morgan fingerprint density at radius 2 is 2.06 bits per heavy atom. The molecule has 2 bridgehead atoms. The van der Waals surface area contributed by atoms with E-state index in [1.165, 1.54) is 25.7 Å². The van der Waals surface area contributed by atoms with Gasteiger partial charge in [-0.2, -0.15) is 5.10 Å². The average Bonchev–Trinajstić information content (AvgIpc) is 3.33. The van der Waals surface area contributed by atoms with Crippen molar-refractivity contribution < 1.29 is 14.7 Å². The number of hydrogen-bond acceptors (Lipinski definition) is 7. The minimum atomic E-state index is -0.250. The zero-order chi connectivity index (χ0) is 22.3. The molecule has 3 aliphatic rings. The zero-order valence-corrected chi connectivity index (χ0v) is 18.2. The van der Waals surface area contributed by atoms with Gasteiger partial charge in [-0.1, -0.05) is 6.42 Å². The second-order valence-electron chi connectivity index (χ2n) is 8.71. The van der Waals surface area contributed by atoms with Gasteiger partial charge in [0.15, 0.2) is 0 Å². The van der Waals surface area contributed by atoms with Crippen molar-refractivity contribution in [1.29, 1.82) is 0 Å². The summed E-state index contributed by atoms with van der Waals surface area (Å²) in [5.74, 6) is 2.22. The highest BCUT2D eigenvalue weighted by molar-refractivity contribution is 5.75. The summed E-state index contributed by atoms with van der Waals surface area (Å²) in [6, 6.07) is 2.85. The Hall–Kier alpha value is -3.01. The molecule has 2 aromatic heterocycles. The third-order valence-electron chi connectivity index (χ3n) is 6.87. The smallest absolute Gasteiger partial charge is 0.290 e. The number of hydrogen-bond donors (Lipinski definition) is 2. The van der Waals surface area contributed by atoms with Crippen molar-refractivity contribution >= 4 is 18.2 Å². The Morgan fingerprint density at radius 1 is 1.22 bits per heavy atom. The maximum atomic E-state index is 12.5. The molecule has 0 saturated carbocycles. The van der Waals surface area contributed by atoms with Crippen LogP contribution in [-0.2, 0) is 16.1 Å². The fourth-order valence-electron chi connectivity index (χ4n) is 5.65. The third-order valence-corrected chi connectivity index (χ3v) is 6.87. The summed E-state index contributed by atoms with van der Waals surface area (Å²) in [5, 5.41) is 14.2. The Labute approximate surface area is 187 Å². The van der Waals surface area contributed by atoms with Crippen LogP contribution in [0, 0.1) is 11.8 Å². The van der Waals surface area contributed by atoms with Crippen LogP contribution in [0.5, 0.6) is 0 Å². The normalized spacial score (nSPS) is 26.9. The van der Waals surface area contributed by atoms with Crippen molar-refractivity contribution in [2.45, 2.75) is 44.3 Å². The van der Waals surface area contributed by atoms with E-state index in [1.807, 2.05) is 18.5 Å². The van der Waals surface area contributed by atoms with Gasteiger partial charge in [-0.3, -0.25) is 24.2 Å². The van der Waals surface area contributed by atoms with Crippen LogP contribution in [0.4, 0.5) is 5.82 Å². The molecule has 0 spiro atoms. The van der Waals surface area contributed by atoms with Gasteiger partial charge in [0.1, 0.15) is 12.4 Å². The molecule has 2 aromatic rings. The minimum absolute atomic E-state index is 0.0333. The van der Waals surface area contributed by atoms with Crippen LogP contribution in [0.2, 0.25) is 0 Å². The predicted molar refractivity (Wildman–Crippen MR) is 118 cm³/mol. The molecule has 3 saturated heterocycles. The highest BCUT2D eigenvalue weighted by Gasteiger charge is 2.47. The molecule has 32 heavy (non-hydrogen) atoms. The van der Waals surface area contributed by atoms with E-state index < -0.39 is 0 Å². The van der Waals surface area contributed by atoms with Gasteiger partial charge in [-0.25, -0.2) is 4.98 Å². The van der Waals surface area contributed by atoms with Gasteiger partial charge in [0.2, 0.25) is 5.91 Å². The Balaban J connectivity index is 0.000000775. The summed E-state index contributed by atoms with van der Waals surface area (Å²) in [6.45, 7) is 3.94. The van der Waals surface area contributed by atoms with Gasteiger partial charge in [0.25, 0.3) is 6.47 Å². The number of carbonyl (C=O) groups excluding carboxylic acids is 1. The van der Waals surface area contributed by atoms with Crippen LogP contribution in [0.1, 0.15) is 25.7 Å². The number of rotatable bonds is 5. The largest absolute Gasteiger partial charge is 0.483 e. The molecule has 2 N–H and O–H groups in total. The summed E-state index contributed by atoms with van der Waals surface area (Å²) in [7, 11) is 0. The number of carboxylic acid groups (broad SMARTS) is 1. The first-order valence-corrected chi connectivity index (χ1v) is 11.3. The van der Waals surface area contributed by atoms with Gasteiger partial charge in [0, 0.05) is 56.5 Å². The topological polar surface area (TPSA) is 116 Å². The van der Waals surface area contributed by atoms with E-state index >= 15 is 0 Å². The fraction of sp³-hybridized carbons (Fsp3) is 0.591. The van der Waals surface area contributed by atoms with Crippen molar-refractivity contribution in [2.24, 2.45) is 11.8 Å². The summed E-state index contributed by atoms with van der Waals surface area (Å²) >= 11 is 0. The molecule has 3 fully saturated rings. The van der Waals surface area contributed by atoms with E-state index in [1.54, 1.807) is 23.3 Å². The standard InChI is InChI=1S/C21H29N7O.CH2O2/c29-21(15-27-8-3-5-25-27)24-11-19-17-10-16(18-4-1-2-9-28(18)19)13-26(14-17)20-12-22-6-7-23-20;2-1-3/h3,5-8,12,16-19H,1-2,4,9-11,13-15H2,(H,24,29);1H,(H,2,3)/t16-,17+,18+,19+;/m1./s1. The number of aromatic nitrogens is 4. The molecule has 5 heterocycles. The lowest BCUT2D eigenvalue weighted by molar-refractivity contribution is -0.123. The van der Waals surface area contributed by atoms with E-state index in [4.69, 9.17) is 9.90 Å². The van der Waals surface area contributed by atoms with Crippen LogP contribution < -0.4 is 10.2 Å². The van der Waals surface area contributed by atoms with Crippen LogP contribution in [0.3, 0.4) is 0 Å². The molecule has 172 valence electrons. The first kappa shape index (κ1) is 22.2. The van der Waals surface area contributed by atoms with Crippen molar-refractivity contribution in [3.05, 3.63) is 37.1 Å². The van der Waals surface area contributed by atoms with E-state index in [2.05, 4.69) is 30.2 Å². The zero-order valence-electron chi connectivity index (χ0n) is 18.2. The van der Waals surface area contributed by atoms with E-state index in [-0.39, 0.29) is 18.9 Å². The van der Waals surface area contributed by atoms with Gasteiger partial charge in [-0.15, -0.1) is 0 Å². The Bertz CT molecular complexity index is 864. The van der Waals surface area contributed by atoms with Crippen molar-refractivity contribution in [2.75, 3.05) is 31.1 Å². The molecule has 0 aromatic carbocycles. The van der Waals surface area contributed by atoms with E-state index in [0.29, 0.717) is 30.5 Å². The number of amides is 1.